The molecule has 1 aromatic rings. The van der Waals surface area contributed by atoms with Crippen molar-refractivity contribution in [2.45, 2.75) is 39.5 Å². The fraction of sp³-hybridized carbons (Fsp3) is 0.375. The Morgan fingerprint density at radius 2 is 2.06 bits per heavy atom. The molecule has 2 rings (SSSR count). The standard InChI is InChI=1S/C16H18S/c1-13(2)11-16-6-4-3-5-15(16)8-7-14-9-10-17-12-14/h9-12H,3-6H2,1-2H3. The number of hydrogen-bond acceptors (Lipinski definition) is 1. The lowest BCUT2D eigenvalue weighted by atomic mass is 9.91. The SMILES string of the molecule is CC(C)=CC1=C(C#Cc2ccsc2)CCCC1. The molecule has 1 aromatic heterocycles. The molecule has 0 fully saturated rings. The van der Waals surface area contributed by atoms with E-state index >= 15 is 0 Å². The van der Waals surface area contributed by atoms with Crippen molar-refractivity contribution in [1.29, 1.82) is 0 Å². The van der Waals surface area contributed by atoms with Crippen LogP contribution in [0.1, 0.15) is 45.1 Å². The van der Waals surface area contributed by atoms with Crippen molar-refractivity contribution in [1.82, 2.24) is 0 Å². The van der Waals surface area contributed by atoms with E-state index in [0.29, 0.717) is 0 Å². The summed E-state index contributed by atoms with van der Waals surface area (Å²) in [5.74, 6) is 6.64. The van der Waals surface area contributed by atoms with Crippen LogP contribution in [0.15, 0.2) is 39.6 Å². The molecular formula is C16H18S. The number of rotatable bonds is 1. The molecule has 1 heteroatoms. The minimum atomic E-state index is 1.14. The molecule has 0 nitrogen and oxygen atoms in total. The van der Waals surface area contributed by atoms with E-state index in [1.165, 1.54) is 36.0 Å². The largest absolute Gasteiger partial charge is 0.151 e. The molecule has 0 saturated heterocycles. The highest BCUT2D eigenvalue weighted by molar-refractivity contribution is 7.08. The minimum absolute atomic E-state index is 1.14. The van der Waals surface area contributed by atoms with Gasteiger partial charge < -0.3 is 0 Å². The number of allylic oxidation sites excluding steroid dienone is 4. The van der Waals surface area contributed by atoms with E-state index in [2.05, 4.69) is 48.6 Å². The third-order valence-corrected chi connectivity index (χ3v) is 3.54. The van der Waals surface area contributed by atoms with Gasteiger partial charge in [-0.2, -0.15) is 11.3 Å². The van der Waals surface area contributed by atoms with E-state index < -0.39 is 0 Å². The van der Waals surface area contributed by atoms with Crippen molar-refractivity contribution in [2.24, 2.45) is 0 Å². The van der Waals surface area contributed by atoms with Crippen LogP contribution in [0, 0.1) is 11.8 Å². The fourth-order valence-corrected chi connectivity index (χ4v) is 2.65. The van der Waals surface area contributed by atoms with Crippen LogP contribution in [0.5, 0.6) is 0 Å². The third kappa shape index (κ3) is 3.61. The Balaban J connectivity index is 2.27. The predicted octanol–water partition coefficient (Wildman–Crippen LogP) is 4.94. The van der Waals surface area contributed by atoms with Gasteiger partial charge >= 0.3 is 0 Å². The Labute approximate surface area is 108 Å². The second kappa shape index (κ2) is 5.89. The monoisotopic (exact) mass is 242 g/mol. The highest BCUT2D eigenvalue weighted by Gasteiger charge is 2.08. The van der Waals surface area contributed by atoms with Gasteiger partial charge in [-0.25, -0.2) is 0 Å². The molecule has 0 N–H and O–H groups in total. The van der Waals surface area contributed by atoms with Crippen molar-refractivity contribution in [3.63, 3.8) is 0 Å². The molecule has 0 unspecified atom stereocenters. The van der Waals surface area contributed by atoms with Crippen molar-refractivity contribution < 1.29 is 0 Å². The molecule has 88 valence electrons. The highest BCUT2D eigenvalue weighted by atomic mass is 32.1. The number of hydrogen-bond donors (Lipinski definition) is 0. The maximum absolute atomic E-state index is 3.37. The van der Waals surface area contributed by atoms with Gasteiger partial charge in [0.05, 0.1) is 0 Å². The number of thiophene rings is 1. The van der Waals surface area contributed by atoms with Crippen LogP contribution >= 0.6 is 11.3 Å². The van der Waals surface area contributed by atoms with E-state index in [-0.39, 0.29) is 0 Å². The lowest BCUT2D eigenvalue weighted by Crippen LogP contribution is -1.97. The zero-order valence-electron chi connectivity index (χ0n) is 10.5. The highest BCUT2D eigenvalue weighted by Crippen LogP contribution is 2.26. The quantitative estimate of drug-likeness (QED) is 0.612. The van der Waals surface area contributed by atoms with Crippen LogP contribution in [-0.2, 0) is 0 Å². The maximum atomic E-state index is 3.37. The molecule has 1 heterocycles. The third-order valence-electron chi connectivity index (χ3n) is 2.85. The van der Waals surface area contributed by atoms with Crippen LogP contribution in [0.25, 0.3) is 0 Å². The topological polar surface area (TPSA) is 0 Å². The smallest absolute Gasteiger partial charge is 0.0355 e. The van der Waals surface area contributed by atoms with Crippen LogP contribution in [0.2, 0.25) is 0 Å². The minimum Gasteiger partial charge on any atom is -0.151 e. The van der Waals surface area contributed by atoms with Crippen molar-refractivity contribution in [2.75, 3.05) is 0 Å². The Hall–Kier alpha value is -1.26. The lowest BCUT2D eigenvalue weighted by Gasteiger charge is -2.14. The van der Waals surface area contributed by atoms with Gasteiger partial charge in [0.1, 0.15) is 0 Å². The first-order chi connectivity index (χ1) is 8.25. The Morgan fingerprint density at radius 1 is 1.24 bits per heavy atom. The molecule has 1 aliphatic carbocycles. The van der Waals surface area contributed by atoms with E-state index in [0.717, 1.165) is 12.0 Å². The van der Waals surface area contributed by atoms with E-state index in [4.69, 9.17) is 0 Å². The normalized spacial score (nSPS) is 15.2. The second-order valence-electron chi connectivity index (χ2n) is 4.69. The van der Waals surface area contributed by atoms with Gasteiger partial charge in [0, 0.05) is 16.5 Å². The molecule has 0 spiro atoms. The van der Waals surface area contributed by atoms with Crippen LogP contribution < -0.4 is 0 Å². The van der Waals surface area contributed by atoms with Crippen molar-refractivity contribution in [3.8, 4) is 11.8 Å². The van der Waals surface area contributed by atoms with Gasteiger partial charge in [-0.1, -0.05) is 23.5 Å². The maximum Gasteiger partial charge on any atom is 0.0355 e. The second-order valence-corrected chi connectivity index (χ2v) is 5.47. The summed E-state index contributed by atoms with van der Waals surface area (Å²) in [6.45, 7) is 4.32. The first-order valence-electron chi connectivity index (χ1n) is 6.17. The summed E-state index contributed by atoms with van der Waals surface area (Å²) < 4.78 is 0. The molecular weight excluding hydrogens is 224 g/mol. The predicted molar refractivity (Wildman–Crippen MR) is 76.1 cm³/mol. The first-order valence-corrected chi connectivity index (χ1v) is 7.11. The summed E-state index contributed by atoms with van der Waals surface area (Å²) in [6.07, 6.45) is 7.24. The zero-order chi connectivity index (χ0) is 12.1. The van der Waals surface area contributed by atoms with E-state index in [9.17, 15) is 0 Å². The van der Waals surface area contributed by atoms with Crippen LogP contribution in [0.3, 0.4) is 0 Å². The van der Waals surface area contributed by atoms with Crippen molar-refractivity contribution >= 4 is 11.3 Å². The van der Waals surface area contributed by atoms with Gasteiger partial charge in [-0.15, -0.1) is 0 Å². The van der Waals surface area contributed by atoms with Gasteiger partial charge in [0.2, 0.25) is 0 Å². The molecule has 0 bridgehead atoms. The molecule has 1 aliphatic rings. The van der Waals surface area contributed by atoms with E-state index in [1.807, 2.05) is 0 Å². The summed E-state index contributed by atoms with van der Waals surface area (Å²) in [6, 6.07) is 2.08. The van der Waals surface area contributed by atoms with Gasteiger partial charge in [-0.05, 0) is 56.6 Å². The average molecular weight is 242 g/mol. The summed E-state index contributed by atoms with van der Waals surface area (Å²) in [5.41, 5.74) is 5.32. The fourth-order valence-electron chi connectivity index (χ4n) is 2.06. The van der Waals surface area contributed by atoms with Crippen LogP contribution in [-0.4, -0.2) is 0 Å². The van der Waals surface area contributed by atoms with Gasteiger partial charge in [0.15, 0.2) is 0 Å². The zero-order valence-corrected chi connectivity index (χ0v) is 11.4. The lowest BCUT2D eigenvalue weighted by molar-refractivity contribution is 0.696. The molecule has 0 atom stereocenters. The molecule has 0 aliphatic heterocycles. The average Bonchev–Trinajstić information content (AvgIpc) is 2.80. The molecule has 0 amide bonds. The van der Waals surface area contributed by atoms with Gasteiger partial charge in [0.25, 0.3) is 0 Å². The summed E-state index contributed by atoms with van der Waals surface area (Å²) >= 11 is 1.71. The Bertz CT molecular complexity index is 485. The van der Waals surface area contributed by atoms with E-state index in [1.54, 1.807) is 11.3 Å². The summed E-state index contributed by atoms with van der Waals surface area (Å²) in [7, 11) is 0. The Morgan fingerprint density at radius 3 is 2.76 bits per heavy atom. The molecule has 0 radical (unpaired) electrons. The van der Waals surface area contributed by atoms with Gasteiger partial charge in [-0.3, -0.25) is 0 Å². The van der Waals surface area contributed by atoms with Crippen LogP contribution in [0.4, 0.5) is 0 Å². The molecule has 0 saturated carbocycles. The van der Waals surface area contributed by atoms with Crippen molar-refractivity contribution in [3.05, 3.63) is 45.2 Å². The summed E-state index contributed by atoms with van der Waals surface area (Å²) in [4.78, 5) is 0. The summed E-state index contributed by atoms with van der Waals surface area (Å²) in [5, 5.41) is 4.19. The molecule has 0 aromatic carbocycles. The first kappa shape index (κ1) is 12.2. The Kier molecular flexibility index (Phi) is 4.23. The molecule has 17 heavy (non-hydrogen) atoms.